The second-order valence-electron chi connectivity index (χ2n) is 3.88. The molecule has 1 aromatic rings. The van der Waals surface area contributed by atoms with E-state index in [2.05, 4.69) is 5.32 Å². The van der Waals surface area contributed by atoms with Crippen LogP contribution in [-0.2, 0) is 14.3 Å². The number of nitrogens with one attached hydrogen (secondary N) is 1. The van der Waals surface area contributed by atoms with Crippen molar-refractivity contribution in [2.75, 3.05) is 13.2 Å². The number of halogens is 1. The highest BCUT2D eigenvalue weighted by molar-refractivity contribution is 6.31. The minimum atomic E-state index is -1.01. The van der Waals surface area contributed by atoms with Crippen LogP contribution in [-0.4, -0.2) is 30.2 Å². The number of hydrogen-bond donors (Lipinski definition) is 2. The van der Waals surface area contributed by atoms with E-state index in [1.54, 1.807) is 31.2 Å². The Balaban J connectivity index is 2.80. The van der Waals surface area contributed by atoms with Crippen LogP contribution in [0.4, 0.5) is 0 Å². The lowest BCUT2D eigenvalue weighted by atomic mass is 10.0. The van der Waals surface area contributed by atoms with Gasteiger partial charge in [0.2, 0.25) is 5.91 Å². The maximum atomic E-state index is 11.6. The molecule has 0 saturated carbocycles. The minimum absolute atomic E-state index is 0.100. The number of carboxylic acids is 1. The molecule has 19 heavy (non-hydrogen) atoms. The summed E-state index contributed by atoms with van der Waals surface area (Å²) in [6.45, 7) is 2.09. The van der Waals surface area contributed by atoms with Gasteiger partial charge in [-0.1, -0.05) is 29.8 Å². The summed E-state index contributed by atoms with van der Waals surface area (Å²) >= 11 is 6.01. The maximum Gasteiger partial charge on any atom is 0.305 e. The number of carbonyl (C=O) groups is 2. The van der Waals surface area contributed by atoms with Gasteiger partial charge in [-0.15, -0.1) is 0 Å². The third-order valence-electron chi connectivity index (χ3n) is 2.43. The van der Waals surface area contributed by atoms with Gasteiger partial charge >= 0.3 is 5.97 Å². The molecular weight excluding hydrogens is 270 g/mol. The molecule has 1 rings (SSSR count). The van der Waals surface area contributed by atoms with Gasteiger partial charge in [-0.3, -0.25) is 9.59 Å². The van der Waals surface area contributed by atoms with Crippen LogP contribution in [0.25, 0.3) is 0 Å². The number of ether oxygens (including phenoxy) is 1. The molecule has 0 bridgehead atoms. The molecule has 5 nitrogen and oxygen atoms in total. The molecule has 0 aromatic heterocycles. The molecule has 0 aliphatic heterocycles. The van der Waals surface area contributed by atoms with E-state index in [0.29, 0.717) is 17.2 Å². The van der Waals surface area contributed by atoms with Crippen molar-refractivity contribution < 1.29 is 19.4 Å². The Kier molecular flexibility index (Phi) is 6.32. The molecule has 0 aliphatic carbocycles. The molecule has 0 aliphatic rings. The summed E-state index contributed by atoms with van der Waals surface area (Å²) in [5.41, 5.74) is 0.580. The zero-order chi connectivity index (χ0) is 14.3. The van der Waals surface area contributed by atoms with E-state index in [9.17, 15) is 9.59 Å². The van der Waals surface area contributed by atoms with Crippen LogP contribution in [0.3, 0.4) is 0 Å². The van der Waals surface area contributed by atoms with Crippen LogP contribution in [0.2, 0.25) is 5.02 Å². The fraction of sp³-hybridized carbons (Fsp3) is 0.385. The largest absolute Gasteiger partial charge is 0.481 e. The predicted octanol–water partition coefficient (Wildman–Crippen LogP) is 2.01. The summed E-state index contributed by atoms with van der Waals surface area (Å²) in [7, 11) is 0. The molecule has 1 atom stereocenters. The first kappa shape index (κ1) is 15.5. The van der Waals surface area contributed by atoms with E-state index in [1.807, 2.05) is 0 Å². The fourth-order valence-electron chi connectivity index (χ4n) is 1.60. The second-order valence-corrected chi connectivity index (χ2v) is 4.28. The lowest BCUT2D eigenvalue weighted by molar-refractivity contribution is -0.138. The normalized spacial score (nSPS) is 11.9. The molecule has 1 amide bonds. The van der Waals surface area contributed by atoms with Gasteiger partial charge in [0.25, 0.3) is 0 Å². The van der Waals surface area contributed by atoms with Gasteiger partial charge in [-0.2, -0.15) is 0 Å². The smallest absolute Gasteiger partial charge is 0.305 e. The van der Waals surface area contributed by atoms with Gasteiger partial charge in [0, 0.05) is 11.6 Å². The lowest BCUT2D eigenvalue weighted by Gasteiger charge is -2.18. The van der Waals surface area contributed by atoms with Crippen molar-refractivity contribution in [3.05, 3.63) is 34.9 Å². The van der Waals surface area contributed by atoms with Crippen molar-refractivity contribution in [1.29, 1.82) is 0 Å². The Labute approximate surface area is 116 Å². The van der Waals surface area contributed by atoms with Crippen molar-refractivity contribution in [2.45, 2.75) is 19.4 Å². The zero-order valence-corrected chi connectivity index (χ0v) is 11.3. The first-order valence-electron chi connectivity index (χ1n) is 5.88. The average Bonchev–Trinajstić information content (AvgIpc) is 2.35. The highest BCUT2D eigenvalue weighted by Gasteiger charge is 2.20. The van der Waals surface area contributed by atoms with Crippen LogP contribution in [0.5, 0.6) is 0 Å². The number of carboxylic acid groups (broad SMARTS) is 1. The number of aliphatic carboxylic acids is 1. The van der Waals surface area contributed by atoms with Crippen molar-refractivity contribution in [3.8, 4) is 0 Å². The number of amides is 1. The van der Waals surface area contributed by atoms with Crippen LogP contribution in [0.15, 0.2) is 24.3 Å². The van der Waals surface area contributed by atoms with Gasteiger partial charge < -0.3 is 15.2 Å². The van der Waals surface area contributed by atoms with Crippen LogP contribution < -0.4 is 5.32 Å². The molecule has 0 spiro atoms. The number of carbonyl (C=O) groups excluding carboxylic acids is 1. The van der Waals surface area contributed by atoms with E-state index in [1.165, 1.54) is 0 Å². The van der Waals surface area contributed by atoms with Crippen molar-refractivity contribution in [3.63, 3.8) is 0 Å². The average molecular weight is 286 g/mol. The molecule has 0 radical (unpaired) electrons. The van der Waals surface area contributed by atoms with E-state index >= 15 is 0 Å². The van der Waals surface area contributed by atoms with Crippen LogP contribution in [0, 0.1) is 0 Å². The molecule has 1 unspecified atom stereocenters. The third kappa shape index (κ3) is 5.28. The summed E-state index contributed by atoms with van der Waals surface area (Å²) in [6.07, 6.45) is -0.235. The number of hydrogen-bond acceptors (Lipinski definition) is 3. The molecule has 1 aromatic carbocycles. The quantitative estimate of drug-likeness (QED) is 0.803. The molecule has 0 fully saturated rings. The van der Waals surface area contributed by atoms with Crippen molar-refractivity contribution in [1.82, 2.24) is 5.32 Å². The van der Waals surface area contributed by atoms with E-state index < -0.39 is 12.0 Å². The SMILES string of the molecule is CCOCC(=O)NC(CC(=O)O)c1ccccc1Cl. The fourth-order valence-corrected chi connectivity index (χ4v) is 1.87. The summed E-state index contributed by atoms with van der Waals surface area (Å²) in [5.74, 6) is -1.38. The standard InChI is InChI=1S/C13H16ClNO4/c1-2-19-8-12(16)15-11(7-13(17)18)9-5-3-4-6-10(9)14/h3-6,11H,2,7-8H2,1H3,(H,15,16)(H,17,18). The van der Waals surface area contributed by atoms with Gasteiger partial charge in [-0.05, 0) is 18.6 Å². The van der Waals surface area contributed by atoms with E-state index in [4.69, 9.17) is 21.4 Å². The molecule has 6 heteroatoms. The van der Waals surface area contributed by atoms with E-state index in [-0.39, 0.29) is 18.9 Å². The Hall–Kier alpha value is -1.59. The summed E-state index contributed by atoms with van der Waals surface area (Å²) < 4.78 is 4.97. The summed E-state index contributed by atoms with van der Waals surface area (Å²) in [5, 5.41) is 11.9. The molecular formula is C13H16ClNO4. The predicted molar refractivity (Wildman–Crippen MR) is 71.1 cm³/mol. The third-order valence-corrected chi connectivity index (χ3v) is 2.78. The van der Waals surface area contributed by atoms with Gasteiger partial charge in [0.15, 0.2) is 0 Å². The van der Waals surface area contributed by atoms with Gasteiger partial charge in [0.05, 0.1) is 12.5 Å². The monoisotopic (exact) mass is 285 g/mol. The summed E-state index contributed by atoms with van der Waals surface area (Å²) in [6, 6.07) is 6.16. The topological polar surface area (TPSA) is 75.6 Å². The molecule has 104 valence electrons. The molecule has 2 N–H and O–H groups in total. The number of rotatable bonds is 7. The lowest BCUT2D eigenvalue weighted by Crippen LogP contribution is -2.33. The Bertz CT molecular complexity index is 450. The highest BCUT2D eigenvalue weighted by atomic mass is 35.5. The van der Waals surface area contributed by atoms with E-state index in [0.717, 1.165) is 0 Å². The maximum absolute atomic E-state index is 11.6. The Morgan fingerprint density at radius 1 is 1.42 bits per heavy atom. The zero-order valence-electron chi connectivity index (χ0n) is 10.6. The van der Waals surface area contributed by atoms with Crippen molar-refractivity contribution in [2.24, 2.45) is 0 Å². The Morgan fingerprint density at radius 2 is 2.11 bits per heavy atom. The van der Waals surface area contributed by atoms with Gasteiger partial charge in [0.1, 0.15) is 6.61 Å². The van der Waals surface area contributed by atoms with Crippen molar-refractivity contribution >= 4 is 23.5 Å². The second kappa shape index (κ2) is 7.76. The number of benzene rings is 1. The highest BCUT2D eigenvalue weighted by Crippen LogP contribution is 2.24. The molecule has 0 saturated heterocycles. The molecule has 0 heterocycles. The van der Waals surface area contributed by atoms with Gasteiger partial charge in [-0.25, -0.2) is 0 Å². The first-order chi connectivity index (χ1) is 9.04. The van der Waals surface area contributed by atoms with Crippen LogP contribution in [0.1, 0.15) is 24.9 Å². The van der Waals surface area contributed by atoms with Crippen LogP contribution >= 0.6 is 11.6 Å². The first-order valence-corrected chi connectivity index (χ1v) is 6.25. The minimum Gasteiger partial charge on any atom is -0.481 e. The Morgan fingerprint density at radius 3 is 2.68 bits per heavy atom. The summed E-state index contributed by atoms with van der Waals surface area (Å²) in [4.78, 5) is 22.5.